The summed E-state index contributed by atoms with van der Waals surface area (Å²) >= 11 is 2.46. The van der Waals surface area contributed by atoms with E-state index in [0.717, 1.165) is 23.0 Å². The summed E-state index contributed by atoms with van der Waals surface area (Å²) in [5.74, 6) is -0.486. The minimum Gasteiger partial charge on any atom is -0.416 e. The largest absolute Gasteiger partial charge is 0.416 e. The molecule has 8 heteroatoms. The number of aromatic nitrogens is 3. The molecule has 0 spiro atoms. The van der Waals surface area contributed by atoms with Gasteiger partial charge in [-0.1, -0.05) is 42.1 Å². The number of ketones is 1. The fourth-order valence-electron chi connectivity index (χ4n) is 2.12. The van der Waals surface area contributed by atoms with Crippen molar-refractivity contribution in [3.8, 4) is 6.07 Å². The highest BCUT2D eigenvalue weighted by atomic mass is 32.2. The summed E-state index contributed by atoms with van der Waals surface area (Å²) in [6, 6.07) is 11.8. The number of rotatable bonds is 7. The Hall–Kier alpha value is -2.50. The van der Waals surface area contributed by atoms with Crippen molar-refractivity contribution in [2.24, 2.45) is 0 Å². The number of hydrogen-bond acceptors (Lipinski definition) is 8. The molecule has 6 nitrogen and oxygen atoms in total. The Balaban J connectivity index is 1.58. The lowest BCUT2D eigenvalue weighted by atomic mass is 10.1. The first-order chi connectivity index (χ1) is 12.2. The van der Waals surface area contributed by atoms with Crippen LogP contribution in [0.4, 0.5) is 0 Å². The minimum atomic E-state index is -0.849. The molecule has 1 atom stereocenters. The highest BCUT2D eigenvalue weighted by molar-refractivity contribution is 7.99. The van der Waals surface area contributed by atoms with Crippen molar-refractivity contribution in [3.05, 3.63) is 57.9 Å². The standard InChI is InChI=1S/C17H14N4O2S2/c1-11-9-24-16(19-11)13(8-18)14(22)10-25-17-21-20-15(23-17)7-12-5-3-2-4-6-12/h2-6,9,13H,7,10H2,1H3/t13-/m1/s1. The zero-order chi connectivity index (χ0) is 17.6. The lowest BCUT2D eigenvalue weighted by Gasteiger charge is -2.02. The second kappa shape index (κ2) is 8.05. The molecule has 2 heterocycles. The van der Waals surface area contributed by atoms with Crippen molar-refractivity contribution in [1.82, 2.24) is 15.2 Å². The van der Waals surface area contributed by atoms with E-state index in [4.69, 9.17) is 4.42 Å². The highest BCUT2D eigenvalue weighted by Gasteiger charge is 2.24. The second-order valence-corrected chi connectivity index (χ2v) is 7.08. The summed E-state index contributed by atoms with van der Waals surface area (Å²) in [6.07, 6.45) is 0.543. The van der Waals surface area contributed by atoms with Crippen LogP contribution in [0.1, 0.15) is 28.1 Å². The summed E-state index contributed by atoms with van der Waals surface area (Å²) in [7, 11) is 0. The molecule has 1 aromatic carbocycles. The lowest BCUT2D eigenvalue weighted by Crippen LogP contribution is -2.13. The topological polar surface area (TPSA) is 92.7 Å². The zero-order valence-electron chi connectivity index (χ0n) is 13.4. The zero-order valence-corrected chi connectivity index (χ0v) is 15.0. The van der Waals surface area contributed by atoms with Crippen LogP contribution in [0.5, 0.6) is 0 Å². The molecule has 3 aromatic rings. The number of aryl methyl sites for hydroxylation is 1. The van der Waals surface area contributed by atoms with Crippen molar-refractivity contribution >= 4 is 28.9 Å². The fraction of sp³-hybridized carbons (Fsp3) is 0.235. The molecule has 0 fully saturated rings. The molecule has 0 radical (unpaired) electrons. The Kier molecular flexibility index (Phi) is 5.58. The molecule has 126 valence electrons. The van der Waals surface area contributed by atoms with Crippen molar-refractivity contribution in [2.75, 3.05) is 5.75 Å². The van der Waals surface area contributed by atoms with E-state index in [-0.39, 0.29) is 11.5 Å². The number of carbonyl (C=O) groups excluding carboxylic acids is 1. The van der Waals surface area contributed by atoms with Gasteiger partial charge >= 0.3 is 0 Å². The molecule has 0 saturated heterocycles. The SMILES string of the molecule is Cc1csc([C@H](C#N)C(=O)CSc2nnc(Cc3ccccc3)o2)n1. The van der Waals surface area contributed by atoms with Gasteiger partial charge in [0, 0.05) is 11.1 Å². The molecule has 0 aliphatic heterocycles. The third kappa shape index (κ3) is 4.53. The number of thiazole rings is 1. The van der Waals surface area contributed by atoms with E-state index >= 15 is 0 Å². The molecule has 0 bridgehead atoms. The van der Waals surface area contributed by atoms with Crippen molar-refractivity contribution < 1.29 is 9.21 Å². The minimum absolute atomic E-state index is 0.0871. The maximum Gasteiger partial charge on any atom is 0.277 e. The molecule has 0 N–H and O–H groups in total. The number of Topliss-reactive ketones (excluding diaryl/α,β-unsaturated/α-hetero) is 1. The quantitative estimate of drug-likeness (QED) is 0.588. The second-order valence-electron chi connectivity index (χ2n) is 5.27. The van der Waals surface area contributed by atoms with Crippen LogP contribution in [0.2, 0.25) is 0 Å². The molecule has 0 aliphatic carbocycles. The van der Waals surface area contributed by atoms with Crippen LogP contribution in [0, 0.1) is 18.3 Å². The van der Waals surface area contributed by atoms with Crippen LogP contribution in [0.25, 0.3) is 0 Å². The van der Waals surface area contributed by atoms with Gasteiger partial charge in [0.05, 0.1) is 18.2 Å². The van der Waals surface area contributed by atoms with Gasteiger partial charge in [-0.05, 0) is 12.5 Å². The van der Waals surface area contributed by atoms with E-state index in [9.17, 15) is 10.1 Å². The van der Waals surface area contributed by atoms with Gasteiger partial charge < -0.3 is 4.42 Å². The van der Waals surface area contributed by atoms with E-state index in [0.29, 0.717) is 22.5 Å². The predicted molar refractivity (Wildman–Crippen MR) is 94.5 cm³/mol. The molecule has 0 unspecified atom stereocenters. The maximum atomic E-state index is 12.3. The van der Waals surface area contributed by atoms with Gasteiger partial charge in [0.1, 0.15) is 5.01 Å². The normalized spacial score (nSPS) is 11.8. The van der Waals surface area contributed by atoms with Gasteiger partial charge in [-0.3, -0.25) is 4.79 Å². The Morgan fingerprint density at radius 3 is 2.84 bits per heavy atom. The fourth-order valence-corrected chi connectivity index (χ4v) is 3.67. The van der Waals surface area contributed by atoms with Gasteiger partial charge in [0.15, 0.2) is 11.7 Å². The van der Waals surface area contributed by atoms with E-state index in [1.54, 1.807) is 0 Å². The molecule has 0 aliphatic rings. The Morgan fingerprint density at radius 2 is 2.16 bits per heavy atom. The van der Waals surface area contributed by atoms with Gasteiger partial charge in [0.2, 0.25) is 5.89 Å². The van der Waals surface area contributed by atoms with E-state index < -0.39 is 5.92 Å². The van der Waals surface area contributed by atoms with Gasteiger partial charge in [-0.2, -0.15) is 5.26 Å². The molecule has 2 aromatic heterocycles. The first-order valence-corrected chi connectivity index (χ1v) is 9.35. The average Bonchev–Trinajstić information content (AvgIpc) is 3.24. The summed E-state index contributed by atoms with van der Waals surface area (Å²) in [6.45, 7) is 1.83. The molecular formula is C17H14N4O2S2. The number of benzene rings is 1. The first kappa shape index (κ1) is 17.3. The Bertz CT molecular complexity index is 899. The summed E-state index contributed by atoms with van der Waals surface area (Å²) in [4.78, 5) is 16.5. The molecule has 0 saturated carbocycles. The average molecular weight is 370 g/mol. The van der Waals surface area contributed by atoms with Crippen LogP contribution >= 0.6 is 23.1 Å². The smallest absolute Gasteiger partial charge is 0.277 e. The van der Waals surface area contributed by atoms with Crippen molar-refractivity contribution in [2.45, 2.75) is 24.5 Å². The number of carbonyl (C=O) groups is 1. The molecule has 3 rings (SSSR count). The summed E-state index contributed by atoms with van der Waals surface area (Å²) in [5.41, 5.74) is 1.88. The van der Waals surface area contributed by atoms with Gasteiger partial charge in [-0.15, -0.1) is 21.5 Å². The predicted octanol–water partition coefficient (Wildman–Crippen LogP) is 3.39. The van der Waals surface area contributed by atoms with Crippen molar-refractivity contribution in [1.29, 1.82) is 5.26 Å². The summed E-state index contributed by atoms with van der Waals surface area (Å²) < 4.78 is 5.55. The first-order valence-electron chi connectivity index (χ1n) is 7.49. The van der Waals surface area contributed by atoms with Gasteiger partial charge in [0.25, 0.3) is 5.22 Å². The van der Waals surface area contributed by atoms with E-state index in [1.165, 1.54) is 11.3 Å². The monoisotopic (exact) mass is 370 g/mol. The number of hydrogen-bond donors (Lipinski definition) is 0. The summed E-state index contributed by atoms with van der Waals surface area (Å²) in [5, 5.41) is 19.9. The molecular weight excluding hydrogens is 356 g/mol. The van der Waals surface area contributed by atoms with E-state index in [2.05, 4.69) is 15.2 Å². The van der Waals surface area contributed by atoms with E-state index in [1.807, 2.05) is 48.7 Å². The van der Waals surface area contributed by atoms with Crippen LogP contribution in [0.15, 0.2) is 45.4 Å². The number of nitrogens with zero attached hydrogens (tertiary/aromatic N) is 4. The number of nitriles is 1. The third-order valence-corrected chi connectivity index (χ3v) is 5.19. The Labute approximate surface area is 152 Å². The highest BCUT2D eigenvalue weighted by Crippen LogP contribution is 2.24. The molecule has 0 amide bonds. The number of thioether (sulfide) groups is 1. The lowest BCUT2D eigenvalue weighted by molar-refractivity contribution is -0.116. The van der Waals surface area contributed by atoms with Crippen LogP contribution in [-0.2, 0) is 11.2 Å². The van der Waals surface area contributed by atoms with Crippen molar-refractivity contribution in [3.63, 3.8) is 0 Å². The third-order valence-electron chi connectivity index (χ3n) is 3.32. The van der Waals surface area contributed by atoms with Crippen LogP contribution in [-0.4, -0.2) is 26.7 Å². The van der Waals surface area contributed by atoms with Crippen LogP contribution < -0.4 is 0 Å². The maximum absolute atomic E-state index is 12.3. The van der Waals surface area contributed by atoms with Crippen LogP contribution in [0.3, 0.4) is 0 Å². The Morgan fingerprint density at radius 1 is 1.36 bits per heavy atom. The molecule has 25 heavy (non-hydrogen) atoms. The van der Waals surface area contributed by atoms with Gasteiger partial charge in [-0.25, -0.2) is 4.98 Å².